The zero-order valence-corrected chi connectivity index (χ0v) is 32.0. The Bertz CT molecular complexity index is 2030. The van der Waals surface area contributed by atoms with E-state index in [1.54, 1.807) is 6.92 Å². The summed E-state index contributed by atoms with van der Waals surface area (Å²) in [5.41, 5.74) is 0.0852. The maximum absolute atomic E-state index is 14.6. The first-order valence-corrected chi connectivity index (χ1v) is 21.1. The number of carboxylic acid groups (broad SMARTS) is 1. The second-order valence-electron chi connectivity index (χ2n) is 16.5. The lowest BCUT2D eigenvalue weighted by atomic mass is 9.87. The summed E-state index contributed by atoms with van der Waals surface area (Å²) in [7, 11) is -4.00. The summed E-state index contributed by atoms with van der Waals surface area (Å²) in [5, 5.41) is 16.1. The lowest BCUT2D eigenvalue weighted by Crippen LogP contribution is -2.58. The number of ether oxygens (including phenoxy) is 2. The Morgan fingerprint density at radius 2 is 1.85 bits per heavy atom. The first-order chi connectivity index (χ1) is 26.3. The molecule has 0 bridgehead atoms. The molecule has 2 saturated carbocycles. The Labute approximate surface area is 320 Å². The van der Waals surface area contributed by atoms with E-state index < -0.39 is 67.7 Å². The number of amides is 4. The summed E-state index contributed by atoms with van der Waals surface area (Å²) in [4.78, 5) is 63.8. The molecule has 8 rings (SSSR count). The molecule has 5 atom stereocenters. The van der Waals surface area contributed by atoms with Crippen molar-refractivity contribution in [3.63, 3.8) is 0 Å². The first kappa shape index (κ1) is 37.6. The highest BCUT2D eigenvalue weighted by atomic mass is 32.2. The monoisotopic (exact) mass is 778 g/mol. The van der Waals surface area contributed by atoms with Crippen molar-refractivity contribution in [1.82, 2.24) is 30.1 Å². The van der Waals surface area contributed by atoms with E-state index in [-0.39, 0.29) is 25.8 Å². The average Bonchev–Trinajstić information content (AvgIpc) is 4.05. The summed E-state index contributed by atoms with van der Waals surface area (Å²) in [6.45, 7) is 4.84. The van der Waals surface area contributed by atoms with Crippen LogP contribution in [0.25, 0.3) is 10.9 Å². The van der Waals surface area contributed by atoms with Gasteiger partial charge in [0.05, 0.1) is 35.7 Å². The van der Waals surface area contributed by atoms with Gasteiger partial charge in [-0.3, -0.25) is 24.0 Å². The van der Waals surface area contributed by atoms with E-state index in [2.05, 4.69) is 20.3 Å². The summed E-state index contributed by atoms with van der Waals surface area (Å²) in [6.07, 6.45) is 7.72. The quantitative estimate of drug-likeness (QED) is 0.315. The minimum Gasteiger partial charge on any atom is -0.483 e. The molecule has 0 unspecified atom stereocenters. The van der Waals surface area contributed by atoms with Crippen LogP contribution in [0.15, 0.2) is 36.4 Å². The molecule has 5 heterocycles. The molecular weight excluding hydrogens is 729 g/mol. The van der Waals surface area contributed by atoms with Gasteiger partial charge in [-0.2, -0.15) is 0 Å². The van der Waals surface area contributed by atoms with E-state index in [1.807, 2.05) is 36.4 Å². The molecule has 1 spiro atoms. The molecule has 2 aromatic rings. The second kappa shape index (κ2) is 14.3. The zero-order chi connectivity index (χ0) is 38.6. The SMILES string of the molecule is CC1(S(=O)(=O)NC(=O)[C@@]23C[C@H]2C=CCCCCC[C@H](NC(=O)O)C(=O)N2C[C@@]4(CCc5c(c(CN6CCOCC6)nc6ccccc56)O4)C[C@H]2C(=O)N3)CC1. The largest absolute Gasteiger partial charge is 0.483 e. The van der Waals surface area contributed by atoms with Crippen molar-refractivity contribution in [2.75, 3.05) is 32.8 Å². The van der Waals surface area contributed by atoms with Gasteiger partial charge in [0, 0.05) is 42.9 Å². The smallest absolute Gasteiger partial charge is 0.405 e. The molecule has 6 aliphatic rings. The van der Waals surface area contributed by atoms with E-state index in [9.17, 15) is 32.7 Å². The van der Waals surface area contributed by atoms with Gasteiger partial charge in [0.15, 0.2) is 0 Å². The van der Waals surface area contributed by atoms with E-state index in [0.29, 0.717) is 64.0 Å². The maximum atomic E-state index is 14.6. The predicted octanol–water partition coefficient (Wildman–Crippen LogP) is 2.76. The van der Waals surface area contributed by atoms with Crippen molar-refractivity contribution >= 4 is 44.7 Å². The van der Waals surface area contributed by atoms with Gasteiger partial charge in [-0.25, -0.2) is 18.2 Å². The molecule has 55 heavy (non-hydrogen) atoms. The molecule has 2 saturated heterocycles. The molecule has 4 aliphatic heterocycles. The molecule has 4 amide bonds. The van der Waals surface area contributed by atoms with Gasteiger partial charge < -0.3 is 30.1 Å². The molecule has 16 heteroatoms. The van der Waals surface area contributed by atoms with E-state index in [4.69, 9.17) is 14.5 Å². The molecule has 15 nitrogen and oxygen atoms in total. The summed E-state index contributed by atoms with van der Waals surface area (Å²) in [6, 6.07) is 5.69. The molecule has 1 aromatic carbocycles. The number of hydrogen-bond donors (Lipinski definition) is 4. The minimum absolute atomic E-state index is 0.0141. The van der Waals surface area contributed by atoms with Crippen LogP contribution in [0.3, 0.4) is 0 Å². The topological polar surface area (TPSA) is 197 Å². The van der Waals surface area contributed by atoms with E-state index in [0.717, 1.165) is 48.1 Å². The van der Waals surface area contributed by atoms with Gasteiger partial charge in [-0.05, 0) is 64.4 Å². The number of hydrogen-bond acceptors (Lipinski definition) is 10. The normalized spacial score (nSPS) is 30.9. The first-order valence-electron chi connectivity index (χ1n) is 19.6. The van der Waals surface area contributed by atoms with E-state index >= 15 is 0 Å². The lowest BCUT2D eigenvalue weighted by Gasteiger charge is -2.37. The molecule has 1 aromatic heterocycles. The number of nitrogens with one attached hydrogen (secondary N) is 3. The zero-order valence-electron chi connectivity index (χ0n) is 31.2. The summed E-state index contributed by atoms with van der Waals surface area (Å²) >= 11 is 0. The van der Waals surface area contributed by atoms with Gasteiger partial charge in [-0.1, -0.05) is 43.2 Å². The van der Waals surface area contributed by atoms with Crippen molar-refractivity contribution in [3.05, 3.63) is 47.7 Å². The molecule has 0 radical (unpaired) electrons. The predicted molar refractivity (Wildman–Crippen MR) is 200 cm³/mol. The Morgan fingerprint density at radius 3 is 2.62 bits per heavy atom. The number of morpholine rings is 1. The Hall–Kier alpha value is -4.28. The number of aryl methyl sites for hydroxylation is 1. The maximum Gasteiger partial charge on any atom is 0.405 e. The Morgan fingerprint density at radius 1 is 1.07 bits per heavy atom. The third-order valence-electron chi connectivity index (χ3n) is 12.6. The molecule has 2 aliphatic carbocycles. The van der Waals surface area contributed by atoms with Crippen LogP contribution in [0, 0.1) is 5.92 Å². The van der Waals surface area contributed by atoms with Gasteiger partial charge in [0.1, 0.15) is 29.0 Å². The van der Waals surface area contributed by atoms with E-state index in [1.165, 1.54) is 4.90 Å². The molecule has 4 N–H and O–H groups in total. The van der Waals surface area contributed by atoms with Crippen LogP contribution in [0.1, 0.15) is 82.4 Å². The van der Waals surface area contributed by atoms with Gasteiger partial charge in [0.25, 0.3) is 5.91 Å². The minimum atomic E-state index is -4.00. The molecular formula is C39H50N6O9S. The highest BCUT2D eigenvalue weighted by Crippen LogP contribution is 2.49. The Kier molecular flexibility index (Phi) is 9.81. The number of rotatable bonds is 6. The number of nitrogens with zero attached hydrogens (tertiary/aromatic N) is 3. The number of carbonyl (C=O) groups is 4. The number of allylic oxidation sites excluding steroid dienone is 1. The van der Waals surface area contributed by atoms with Crippen molar-refractivity contribution in [2.45, 2.75) is 112 Å². The standard InChI is InChI=1S/C39H50N6O9S/c1-37(15-16-37)55(51,52)43-35(48)39-21-25(39)9-5-3-2-4-6-12-29(41-36(49)50)34(47)45-24-38(22-31(45)33(46)42-39)14-13-27-26-10-7-8-11-28(26)40-30(32(27)54-38)23-44-17-19-53-20-18-44/h5,7-11,25,29,31,41H,2-4,6,12-24H2,1H3,(H,42,46)(H,43,48)(H,49,50)/t25-,29+,31+,38-,39-/m1/s1. The van der Waals surface area contributed by atoms with Crippen LogP contribution < -0.4 is 20.1 Å². The number of sulfonamides is 1. The highest BCUT2D eigenvalue weighted by molar-refractivity contribution is 7.91. The number of aromatic nitrogens is 1. The van der Waals surface area contributed by atoms with Crippen LogP contribution in [-0.4, -0.2) is 113 Å². The third kappa shape index (κ3) is 7.28. The van der Waals surface area contributed by atoms with Gasteiger partial charge >= 0.3 is 6.09 Å². The van der Waals surface area contributed by atoms with Crippen molar-refractivity contribution < 1.29 is 42.2 Å². The molecule has 296 valence electrons. The van der Waals surface area contributed by atoms with Crippen LogP contribution in [0.4, 0.5) is 4.79 Å². The van der Waals surface area contributed by atoms with Crippen molar-refractivity contribution in [3.8, 4) is 5.75 Å². The second-order valence-corrected chi connectivity index (χ2v) is 18.7. The van der Waals surface area contributed by atoms with Crippen LogP contribution in [-0.2, 0) is 42.1 Å². The fourth-order valence-corrected chi connectivity index (χ4v) is 10.1. The van der Waals surface area contributed by atoms with Crippen LogP contribution in [0.2, 0.25) is 0 Å². The average molecular weight is 779 g/mol. The third-order valence-corrected chi connectivity index (χ3v) is 14.7. The number of fused-ring (bicyclic) bond motifs is 5. The number of carbonyl (C=O) groups excluding carboxylic acids is 3. The fraction of sp³-hybridized carbons (Fsp3) is 0.615. The fourth-order valence-electron chi connectivity index (χ4n) is 8.78. The summed E-state index contributed by atoms with van der Waals surface area (Å²) in [5.74, 6) is -1.76. The van der Waals surface area contributed by atoms with Crippen molar-refractivity contribution in [2.24, 2.45) is 5.92 Å². The van der Waals surface area contributed by atoms with Gasteiger partial charge in [0.2, 0.25) is 21.8 Å². The van der Waals surface area contributed by atoms with Gasteiger partial charge in [-0.15, -0.1) is 0 Å². The van der Waals surface area contributed by atoms with Crippen LogP contribution >= 0.6 is 0 Å². The number of benzene rings is 1. The Balaban J connectivity index is 1.14. The number of pyridine rings is 1. The van der Waals surface area contributed by atoms with Crippen LogP contribution in [0.5, 0.6) is 5.75 Å². The highest BCUT2D eigenvalue weighted by Gasteiger charge is 2.64. The van der Waals surface area contributed by atoms with Crippen molar-refractivity contribution in [1.29, 1.82) is 0 Å². The summed E-state index contributed by atoms with van der Waals surface area (Å²) < 4.78 is 40.3. The lowest BCUT2D eigenvalue weighted by molar-refractivity contribution is -0.141. The number of para-hydroxylation sites is 1. The molecule has 4 fully saturated rings.